The summed E-state index contributed by atoms with van der Waals surface area (Å²) in [5.41, 5.74) is 0. The summed E-state index contributed by atoms with van der Waals surface area (Å²) in [6.45, 7) is 2.75. The molecule has 0 bridgehead atoms. The fraction of sp³-hybridized carbons (Fsp3) is 1.00. The molecule has 1 aliphatic carbocycles. The molecule has 0 aromatic rings. The maximum absolute atomic E-state index is 5.78. The Hall–Kier alpha value is -0.0800. The van der Waals surface area contributed by atoms with Crippen LogP contribution in [-0.4, -0.2) is 25.8 Å². The van der Waals surface area contributed by atoms with Crippen LogP contribution in [0.25, 0.3) is 0 Å². The van der Waals surface area contributed by atoms with E-state index >= 15 is 0 Å². The van der Waals surface area contributed by atoms with Gasteiger partial charge in [-0.1, -0.05) is 25.7 Å². The van der Waals surface area contributed by atoms with Crippen LogP contribution in [0.3, 0.4) is 0 Å². The van der Waals surface area contributed by atoms with Crippen molar-refractivity contribution in [3.63, 3.8) is 0 Å². The lowest BCUT2D eigenvalue weighted by Gasteiger charge is -2.29. The molecule has 1 radical (unpaired) electrons. The second-order valence-electron chi connectivity index (χ2n) is 4.29. The van der Waals surface area contributed by atoms with Crippen LogP contribution in [0.1, 0.15) is 38.5 Å². The van der Waals surface area contributed by atoms with Gasteiger partial charge in [0, 0.05) is 13.1 Å². The zero-order valence-electron chi connectivity index (χ0n) is 8.37. The smallest absolute Gasteiger partial charge is 0.0744 e. The predicted molar refractivity (Wildman–Crippen MR) is 52.8 cm³/mol. The van der Waals surface area contributed by atoms with Gasteiger partial charge in [0.1, 0.15) is 0 Å². The van der Waals surface area contributed by atoms with Crippen LogP contribution in [0.4, 0.5) is 0 Å². The summed E-state index contributed by atoms with van der Waals surface area (Å²) in [5, 5.41) is 4.44. The molecule has 2 aliphatic rings. The van der Waals surface area contributed by atoms with Gasteiger partial charge in [0.25, 0.3) is 0 Å². The van der Waals surface area contributed by atoms with E-state index in [0.29, 0.717) is 6.10 Å². The van der Waals surface area contributed by atoms with E-state index in [1.165, 1.54) is 38.5 Å². The number of ether oxygens (including phenoxy) is 1. The molecule has 0 aromatic heterocycles. The minimum atomic E-state index is 0.465. The molecule has 1 atom stereocenters. The Balaban J connectivity index is 1.82. The highest BCUT2D eigenvalue weighted by molar-refractivity contribution is 4.77. The molecule has 2 rings (SSSR count). The summed E-state index contributed by atoms with van der Waals surface area (Å²) in [6.07, 6.45) is 8.89. The largest absolute Gasteiger partial charge is 0.375 e. The van der Waals surface area contributed by atoms with Crippen LogP contribution in [0.15, 0.2) is 0 Å². The minimum Gasteiger partial charge on any atom is -0.375 e. The molecule has 2 nitrogen and oxygen atoms in total. The van der Waals surface area contributed by atoms with Crippen molar-refractivity contribution < 1.29 is 4.74 Å². The molecule has 1 aliphatic heterocycles. The van der Waals surface area contributed by atoms with Crippen molar-refractivity contribution in [3.05, 3.63) is 0 Å². The zero-order valence-corrected chi connectivity index (χ0v) is 8.37. The molecule has 0 spiro atoms. The Morgan fingerprint density at radius 1 is 1.00 bits per heavy atom. The molecule has 1 saturated heterocycles. The van der Waals surface area contributed by atoms with Crippen LogP contribution < -0.4 is 5.32 Å². The van der Waals surface area contributed by atoms with Crippen LogP contribution in [0.5, 0.6) is 0 Å². The average Bonchev–Trinajstić information content (AvgIpc) is 2.47. The first-order valence-electron chi connectivity index (χ1n) is 5.71. The van der Waals surface area contributed by atoms with E-state index in [0.717, 1.165) is 25.6 Å². The van der Waals surface area contributed by atoms with Crippen LogP contribution in [0.2, 0.25) is 0 Å². The number of rotatable bonds is 1. The van der Waals surface area contributed by atoms with Crippen molar-refractivity contribution in [1.29, 1.82) is 0 Å². The van der Waals surface area contributed by atoms with Gasteiger partial charge < -0.3 is 4.74 Å². The van der Waals surface area contributed by atoms with Gasteiger partial charge in [-0.3, -0.25) is 0 Å². The van der Waals surface area contributed by atoms with E-state index in [9.17, 15) is 0 Å². The predicted octanol–water partition coefficient (Wildman–Crippen LogP) is 1.96. The summed E-state index contributed by atoms with van der Waals surface area (Å²) in [6, 6.07) is 0. The van der Waals surface area contributed by atoms with Crippen molar-refractivity contribution in [2.75, 3.05) is 19.7 Å². The molecule has 1 heterocycles. The molecule has 0 aromatic carbocycles. The molecule has 2 heteroatoms. The molecule has 2 fully saturated rings. The highest BCUT2D eigenvalue weighted by atomic mass is 16.5. The lowest BCUT2D eigenvalue weighted by Crippen LogP contribution is -2.39. The molecule has 1 unspecified atom stereocenters. The fourth-order valence-corrected chi connectivity index (χ4v) is 2.51. The van der Waals surface area contributed by atoms with Crippen LogP contribution >= 0.6 is 0 Å². The third kappa shape index (κ3) is 2.68. The van der Waals surface area contributed by atoms with Crippen molar-refractivity contribution in [1.82, 2.24) is 5.32 Å². The molecular weight excluding hydrogens is 162 g/mol. The Kier molecular flexibility index (Phi) is 3.62. The Morgan fingerprint density at radius 3 is 2.38 bits per heavy atom. The van der Waals surface area contributed by atoms with Gasteiger partial charge in [0.2, 0.25) is 0 Å². The molecule has 13 heavy (non-hydrogen) atoms. The highest BCUT2D eigenvalue weighted by Gasteiger charge is 2.25. The SMILES string of the molecule is C1CCCC(C2C[N]CCO2)CC1. The quantitative estimate of drug-likeness (QED) is 0.569. The van der Waals surface area contributed by atoms with E-state index in [4.69, 9.17) is 4.74 Å². The van der Waals surface area contributed by atoms with Gasteiger partial charge in [-0.05, 0) is 18.8 Å². The second-order valence-corrected chi connectivity index (χ2v) is 4.29. The molecule has 0 amide bonds. The maximum atomic E-state index is 5.78. The minimum absolute atomic E-state index is 0.465. The summed E-state index contributed by atoms with van der Waals surface area (Å²) in [7, 11) is 0. The van der Waals surface area contributed by atoms with E-state index in [1.807, 2.05) is 0 Å². The summed E-state index contributed by atoms with van der Waals surface area (Å²) >= 11 is 0. The van der Waals surface area contributed by atoms with E-state index in [-0.39, 0.29) is 0 Å². The van der Waals surface area contributed by atoms with E-state index in [2.05, 4.69) is 5.32 Å². The lowest BCUT2D eigenvalue weighted by molar-refractivity contribution is -0.0145. The Bertz CT molecular complexity index is 135. The van der Waals surface area contributed by atoms with Crippen molar-refractivity contribution >= 4 is 0 Å². The van der Waals surface area contributed by atoms with Gasteiger partial charge >= 0.3 is 0 Å². The average molecular weight is 182 g/mol. The number of hydrogen-bond acceptors (Lipinski definition) is 1. The molecular formula is C11H20NO. The van der Waals surface area contributed by atoms with Gasteiger partial charge in [-0.25, -0.2) is 5.32 Å². The summed E-state index contributed by atoms with van der Waals surface area (Å²) in [5.74, 6) is 0.812. The number of hydrogen-bond donors (Lipinski definition) is 0. The highest BCUT2D eigenvalue weighted by Crippen LogP contribution is 2.27. The zero-order chi connectivity index (χ0) is 8.93. The molecule has 1 saturated carbocycles. The standard InChI is InChI=1S/C11H20NO/c1-2-4-6-10(5-3-1)11-9-12-7-8-13-11/h10-11H,1-9H2. The number of morpholine rings is 1. The third-order valence-corrected chi connectivity index (χ3v) is 3.32. The Morgan fingerprint density at radius 2 is 1.77 bits per heavy atom. The van der Waals surface area contributed by atoms with Gasteiger partial charge in [-0.2, -0.15) is 0 Å². The summed E-state index contributed by atoms with van der Waals surface area (Å²) < 4.78 is 5.78. The molecule has 75 valence electrons. The number of nitrogens with zero attached hydrogens (tertiary/aromatic N) is 1. The normalized spacial score (nSPS) is 32.8. The van der Waals surface area contributed by atoms with Gasteiger partial charge in [0.05, 0.1) is 12.7 Å². The summed E-state index contributed by atoms with van der Waals surface area (Å²) in [4.78, 5) is 0. The third-order valence-electron chi connectivity index (χ3n) is 3.32. The van der Waals surface area contributed by atoms with E-state index in [1.54, 1.807) is 0 Å². The van der Waals surface area contributed by atoms with Crippen LogP contribution in [-0.2, 0) is 4.74 Å². The molecule has 0 N–H and O–H groups in total. The monoisotopic (exact) mass is 182 g/mol. The Labute approximate surface area is 81.0 Å². The van der Waals surface area contributed by atoms with Crippen molar-refractivity contribution in [3.8, 4) is 0 Å². The van der Waals surface area contributed by atoms with Crippen LogP contribution in [0, 0.1) is 5.92 Å². The lowest BCUT2D eigenvalue weighted by atomic mass is 9.93. The first-order valence-corrected chi connectivity index (χ1v) is 5.71. The van der Waals surface area contributed by atoms with Gasteiger partial charge in [-0.15, -0.1) is 0 Å². The van der Waals surface area contributed by atoms with E-state index < -0.39 is 0 Å². The van der Waals surface area contributed by atoms with Gasteiger partial charge in [0.15, 0.2) is 0 Å². The second kappa shape index (κ2) is 4.97. The van der Waals surface area contributed by atoms with Crippen molar-refractivity contribution in [2.45, 2.75) is 44.6 Å². The first-order chi connectivity index (χ1) is 6.47. The van der Waals surface area contributed by atoms with Crippen molar-refractivity contribution in [2.24, 2.45) is 5.92 Å². The fourth-order valence-electron chi connectivity index (χ4n) is 2.51. The maximum Gasteiger partial charge on any atom is 0.0744 e. The first kappa shape index (κ1) is 9.47. The topological polar surface area (TPSA) is 23.3 Å².